The van der Waals surface area contributed by atoms with E-state index in [0.717, 1.165) is 31.9 Å². The molecule has 0 aliphatic heterocycles. The Labute approximate surface area is 166 Å². The number of hydrogen-bond acceptors (Lipinski definition) is 2. The number of thiocarbonyl (C=S) groups is 1. The molecule has 2 N–H and O–H groups in total. The summed E-state index contributed by atoms with van der Waals surface area (Å²) in [5, 5.41) is 7.06. The molecule has 0 saturated heterocycles. The second kappa shape index (κ2) is 17.3. The van der Waals surface area contributed by atoms with Gasteiger partial charge in [0.05, 0.1) is 0 Å². The van der Waals surface area contributed by atoms with Crippen molar-refractivity contribution in [2.45, 2.75) is 77.6 Å². The highest BCUT2D eigenvalue weighted by molar-refractivity contribution is 7.80. The van der Waals surface area contributed by atoms with Crippen molar-refractivity contribution < 1.29 is 4.74 Å². The van der Waals surface area contributed by atoms with Crippen molar-refractivity contribution in [3.8, 4) is 0 Å². The van der Waals surface area contributed by atoms with Crippen LogP contribution in [0.25, 0.3) is 0 Å². The normalized spacial score (nSPS) is 10.7. The molecule has 0 saturated carbocycles. The lowest BCUT2D eigenvalue weighted by atomic mass is 10.1. The third-order valence-electron chi connectivity index (χ3n) is 4.42. The van der Waals surface area contributed by atoms with Crippen LogP contribution in [0.1, 0.15) is 77.6 Å². The Kier molecular flexibility index (Phi) is 15.2. The van der Waals surface area contributed by atoms with Crippen LogP contribution in [0.15, 0.2) is 30.3 Å². The molecule has 1 aromatic rings. The van der Waals surface area contributed by atoms with Crippen molar-refractivity contribution in [3.63, 3.8) is 0 Å². The summed E-state index contributed by atoms with van der Waals surface area (Å²) >= 11 is 5.27. The van der Waals surface area contributed by atoms with Crippen LogP contribution in [0.3, 0.4) is 0 Å². The van der Waals surface area contributed by atoms with E-state index in [-0.39, 0.29) is 0 Å². The summed E-state index contributed by atoms with van der Waals surface area (Å²) in [5.41, 5.74) is 1.02. The fourth-order valence-electron chi connectivity index (χ4n) is 2.87. The Balaban J connectivity index is 1.77. The zero-order chi connectivity index (χ0) is 18.7. The van der Waals surface area contributed by atoms with Crippen LogP contribution in [0.4, 0.5) is 5.69 Å². The highest BCUT2D eigenvalue weighted by Gasteiger charge is 1.97. The van der Waals surface area contributed by atoms with E-state index in [1.807, 2.05) is 30.3 Å². The smallest absolute Gasteiger partial charge is 0.170 e. The summed E-state index contributed by atoms with van der Waals surface area (Å²) < 4.78 is 5.70. The topological polar surface area (TPSA) is 33.3 Å². The molecule has 3 nitrogen and oxygen atoms in total. The molecule has 0 aliphatic carbocycles. The number of rotatable bonds is 16. The maximum atomic E-state index is 5.70. The third kappa shape index (κ3) is 14.1. The van der Waals surface area contributed by atoms with E-state index in [1.54, 1.807) is 0 Å². The van der Waals surface area contributed by atoms with E-state index in [2.05, 4.69) is 17.6 Å². The Hall–Kier alpha value is -1.13. The quantitative estimate of drug-likeness (QED) is 0.261. The monoisotopic (exact) mass is 378 g/mol. The van der Waals surface area contributed by atoms with Crippen LogP contribution >= 0.6 is 12.2 Å². The molecule has 0 bridgehead atoms. The Bertz CT molecular complexity index is 439. The first kappa shape index (κ1) is 22.9. The Morgan fingerprint density at radius 2 is 1.38 bits per heavy atom. The van der Waals surface area contributed by atoms with Gasteiger partial charge in [0.1, 0.15) is 0 Å². The third-order valence-corrected chi connectivity index (χ3v) is 4.67. The van der Waals surface area contributed by atoms with Gasteiger partial charge in [-0.25, -0.2) is 0 Å². The molecule has 0 heterocycles. The van der Waals surface area contributed by atoms with Crippen LogP contribution in [0.2, 0.25) is 0 Å². The van der Waals surface area contributed by atoms with Crippen LogP contribution < -0.4 is 10.6 Å². The van der Waals surface area contributed by atoms with Gasteiger partial charge in [0.15, 0.2) is 5.11 Å². The molecule has 0 unspecified atom stereocenters. The zero-order valence-corrected chi connectivity index (χ0v) is 17.4. The highest BCUT2D eigenvalue weighted by atomic mass is 32.1. The molecular formula is C22H38N2OS. The van der Waals surface area contributed by atoms with Gasteiger partial charge in [-0.2, -0.15) is 0 Å². The lowest BCUT2D eigenvalue weighted by molar-refractivity contribution is 0.128. The van der Waals surface area contributed by atoms with Gasteiger partial charge in [-0.3, -0.25) is 0 Å². The summed E-state index contributed by atoms with van der Waals surface area (Å²) in [6.07, 6.45) is 14.7. The molecule has 0 radical (unpaired) electrons. The van der Waals surface area contributed by atoms with Gasteiger partial charge in [-0.15, -0.1) is 0 Å². The molecule has 148 valence electrons. The first-order valence-electron chi connectivity index (χ1n) is 10.5. The minimum absolute atomic E-state index is 0.672. The average Bonchev–Trinajstić information content (AvgIpc) is 2.65. The SMILES string of the molecule is CCCCCCCCCCCCOCCCNC(=S)Nc1ccccc1. The lowest BCUT2D eigenvalue weighted by Gasteiger charge is -2.10. The summed E-state index contributed by atoms with van der Waals surface area (Å²) in [6.45, 7) is 4.81. The number of anilines is 1. The van der Waals surface area contributed by atoms with E-state index in [4.69, 9.17) is 17.0 Å². The van der Waals surface area contributed by atoms with Gasteiger partial charge in [-0.05, 0) is 37.2 Å². The number of unbranched alkanes of at least 4 members (excludes halogenated alkanes) is 9. The number of hydrogen-bond donors (Lipinski definition) is 2. The maximum Gasteiger partial charge on any atom is 0.170 e. The van der Waals surface area contributed by atoms with Gasteiger partial charge in [0.2, 0.25) is 0 Å². The predicted molar refractivity (Wildman–Crippen MR) is 118 cm³/mol. The van der Waals surface area contributed by atoms with E-state index >= 15 is 0 Å². The molecule has 4 heteroatoms. The highest BCUT2D eigenvalue weighted by Crippen LogP contribution is 2.10. The molecule has 1 aromatic carbocycles. The van der Waals surface area contributed by atoms with Crippen LogP contribution in [-0.4, -0.2) is 24.9 Å². The van der Waals surface area contributed by atoms with E-state index in [1.165, 1.54) is 64.2 Å². The minimum atomic E-state index is 0.672. The zero-order valence-electron chi connectivity index (χ0n) is 16.6. The lowest BCUT2D eigenvalue weighted by Crippen LogP contribution is -2.29. The van der Waals surface area contributed by atoms with E-state index in [9.17, 15) is 0 Å². The average molecular weight is 379 g/mol. The van der Waals surface area contributed by atoms with Crippen molar-refractivity contribution in [2.75, 3.05) is 25.1 Å². The first-order valence-corrected chi connectivity index (χ1v) is 10.9. The summed E-state index contributed by atoms with van der Waals surface area (Å²) in [7, 11) is 0. The number of ether oxygens (including phenoxy) is 1. The largest absolute Gasteiger partial charge is 0.381 e. The Morgan fingerprint density at radius 3 is 2.04 bits per heavy atom. The molecule has 0 atom stereocenters. The summed E-state index contributed by atoms with van der Waals surface area (Å²) in [6, 6.07) is 9.99. The predicted octanol–water partition coefficient (Wildman–Crippen LogP) is 6.30. The summed E-state index contributed by atoms with van der Waals surface area (Å²) in [4.78, 5) is 0. The molecule has 0 amide bonds. The minimum Gasteiger partial charge on any atom is -0.381 e. The standard InChI is InChI=1S/C22H38N2OS/c1-2-3-4-5-6-7-8-9-10-14-19-25-20-15-18-23-22(26)24-21-16-12-11-13-17-21/h11-13,16-17H,2-10,14-15,18-20H2,1H3,(H2,23,24,26). The second-order valence-electron chi connectivity index (χ2n) is 6.89. The molecule has 0 aromatic heterocycles. The maximum absolute atomic E-state index is 5.70. The number of para-hydroxylation sites is 1. The van der Waals surface area contributed by atoms with Crippen molar-refractivity contribution in [3.05, 3.63) is 30.3 Å². The van der Waals surface area contributed by atoms with Crippen molar-refractivity contribution in [1.82, 2.24) is 5.32 Å². The van der Waals surface area contributed by atoms with E-state index in [0.29, 0.717) is 5.11 Å². The van der Waals surface area contributed by atoms with Gasteiger partial charge >= 0.3 is 0 Å². The van der Waals surface area contributed by atoms with E-state index < -0.39 is 0 Å². The molecule has 0 aliphatic rings. The number of nitrogens with one attached hydrogen (secondary N) is 2. The second-order valence-corrected chi connectivity index (χ2v) is 7.30. The fourth-order valence-corrected chi connectivity index (χ4v) is 3.09. The van der Waals surface area contributed by atoms with Crippen molar-refractivity contribution in [1.29, 1.82) is 0 Å². The summed E-state index contributed by atoms with van der Waals surface area (Å²) in [5.74, 6) is 0. The molecule has 0 spiro atoms. The molecule has 1 rings (SSSR count). The van der Waals surface area contributed by atoms with Gasteiger partial charge in [0.25, 0.3) is 0 Å². The van der Waals surface area contributed by atoms with Crippen LogP contribution in [0.5, 0.6) is 0 Å². The molecule has 0 fully saturated rings. The van der Waals surface area contributed by atoms with Gasteiger partial charge in [0, 0.05) is 25.4 Å². The number of benzene rings is 1. The van der Waals surface area contributed by atoms with Crippen LogP contribution in [0, 0.1) is 0 Å². The van der Waals surface area contributed by atoms with Gasteiger partial charge < -0.3 is 15.4 Å². The van der Waals surface area contributed by atoms with Crippen molar-refractivity contribution >= 4 is 23.0 Å². The first-order chi connectivity index (χ1) is 12.8. The molecule has 26 heavy (non-hydrogen) atoms. The fraction of sp³-hybridized carbons (Fsp3) is 0.682. The van der Waals surface area contributed by atoms with Crippen molar-refractivity contribution in [2.24, 2.45) is 0 Å². The molecular weight excluding hydrogens is 340 g/mol. The van der Waals surface area contributed by atoms with Crippen LogP contribution in [-0.2, 0) is 4.74 Å². The Morgan fingerprint density at radius 1 is 0.808 bits per heavy atom. The van der Waals surface area contributed by atoms with Gasteiger partial charge in [-0.1, -0.05) is 82.9 Å².